The maximum absolute atomic E-state index is 13.4. The first-order chi connectivity index (χ1) is 15.4. The molecule has 0 radical (unpaired) electrons. The molecule has 0 saturated carbocycles. The lowest BCUT2D eigenvalue weighted by Gasteiger charge is -2.39. The smallest absolute Gasteiger partial charge is 0.324 e. The molecule has 1 fully saturated rings. The van der Waals surface area contributed by atoms with Crippen LogP contribution in [0, 0.1) is 19.8 Å². The zero-order valence-corrected chi connectivity index (χ0v) is 19.3. The van der Waals surface area contributed by atoms with Crippen molar-refractivity contribution in [1.82, 2.24) is 10.2 Å². The highest BCUT2D eigenvalue weighted by Gasteiger charge is 2.34. The number of piperidine rings is 1. The van der Waals surface area contributed by atoms with E-state index in [2.05, 4.69) is 31.3 Å². The van der Waals surface area contributed by atoms with Crippen LogP contribution in [-0.4, -0.2) is 42.6 Å². The van der Waals surface area contributed by atoms with Crippen LogP contribution in [0.1, 0.15) is 42.9 Å². The zero-order chi connectivity index (χ0) is 22.7. The Bertz CT molecular complexity index is 982. The number of likely N-dealkylation sites (tertiary alicyclic amines) is 1. The molecule has 2 aliphatic rings. The number of fused-ring (bicyclic) bond motifs is 1. The molecule has 1 atom stereocenters. The lowest BCUT2D eigenvalue weighted by molar-refractivity contribution is -0.126. The van der Waals surface area contributed by atoms with Crippen LogP contribution in [0.2, 0.25) is 0 Å². The second kappa shape index (κ2) is 9.63. The first-order valence-corrected chi connectivity index (χ1v) is 11.6. The quantitative estimate of drug-likeness (QED) is 0.773. The van der Waals surface area contributed by atoms with Gasteiger partial charge in [-0.1, -0.05) is 42.8 Å². The third kappa shape index (κ3) is 4.90. The minimum atomic E-state index is -0.0496. The number of carbonyl (C=O) groups is 2. The molecule has 2 aromatic carbocycles. The molecule has 0 unspecified atom stereocenters. The summed E-state index contributed by atoms with van der Waals surface area (Å²) in [6.07, 6.45) is 2.22. The fourth-order valence-electron chi connectivity index (χ4n) is 4.51. The summed E-state index contributed by atoms with van der Waals surface area (Å²) in [4.78, 5) is 29.8. The highest BCUT2D eigenvalue weighted by atomic mass is 16.5. The number of hydrogen-bond donors (Lipinski definition) is 1. The Balaban J connectivity index is 1.35. The van der Waals surface area contributed by atoms with Crippen LogP contribution in [0.4, 0.5) is 10.5 Å². The van der Waals surface area contributed by atoms with E-state index in [1.54, 1.807) is 0 Å². The molecule has 2 aromatic rings. The normalized spacial score (nSPS) is 18.7. The fraction of sp³-hybridized carbons (Fsp3) is 0.462. The van der Waals surface area contributed by atoms with Crippen LogP contribution in [0.5, 0.6) is 5.75 Å². The van der Waals surface area contributed by atoms with Gasteiger partial charge in [-0.2, -0.15) is 0 Å². The molecule has 32 heavy (non-hydrogen) atoms. The molecule has 6 heteroatoms. The Labute approximate surface area is 190 Å². The van der Waals surface area contributed by atoms with E-state index in [4.69, 9.17) is 4.74 Å². The van der Waals surface area contributed by atoms with Crippen molar-refractivity contribution in [3.05, 3.63) is 59.2 Å². The number of amides is 3. The van der Waals surface area contributed by atoms with Crippen molar-refractivity contribution in [2.24, 2.45) is 5.92 Å². The number of nitrogens with zero attached hydrogens (tertiary/aromatic N) is 2. The van der Waals surface area contributed by atoms with Crippen molar-refractivity contribution in [1.29, 1.82) is 0 Å². The van der Waals surface area contributed by atoms with Gasteiger partial charge in [0.15, 0.2) is 0 Å². The number of anilines is 1. The summed E-state index contributed by atoms with van der Waals surface area (Å²) in [6.45, 7) is 8.44. The average molecular weight is 436 g/mol. The second-order valence-electron chi connectivity index (χ2n) is 8.98. The molecule has 2 aliphatic heterocycles. The summed E-state index contributed by atoms with van der Waals surface area (Å²) in [5.74, 6) is 0.802. The minimum Gasteiger partial charge on any atom is -0.486 e. The molecule has 4 rings (SSSR count). The van der Waals surface area contributed by atoms with Crippen molar-refractivity contribution in [2.45, 2.75) is 52.7 Å². The van der Waals surface area contributed by atoms with Gasteiger partial charge in [-0.3, -0.25) is 9.69 Å². The lowest BCUT2D eigenvalue weighted by atomic mass is 9.96. The van der Waals surface area contributed by atoms with Crippen molar-refractivity contribution in [3.8, 4) is 5.75 Å². The SMILES string of the molecule is CC[C@@H]1CN(C(=O)N2CCC(C(=O)NCc3cccc(C)c3)CC2)c2cc(C)ccc2O1. The van der Waals surface area contributed by atoms with Gasteiger partial charge in [0.05, 0.1) is 12.2 Å². The van der Waals surface area contributed by atoms with Gasteiger partial charge in [0.2, 0.25) is 5.91 Å². The van der Waals surface area contributed by atoms with E-state index in [1.165, 1.54) is 5.56 Å². The van der Waals surface area contributed by atoms with Crippen LogP contribution in [0.25, 0.3) is 0 Å². The summed E-state index contributed by atoms with van der Waals surface area (Å²) in [7, 11) is 0. The largest absolute Gasteiger partial charge is 0.486 e. The van der Waals surface area contributed by atoms with Crippen LogP contribution in [0.3, 0.4) is 0 Å². The number of nitrogens with one attached hydrogen (secondary N) is 1. The summed E-state index contributed by atoms with van der Waals surface area (Å²) in [6, 6.07) is 14.2. The van der Waals surface area contributed by atoms with Crippen LogP contribution < -0.4 is 15.0 Å². The first kappa shape index (κ1) is 22.2. The van der Waals surface area contributed by atoms with Gasteiger partial charge >= 0.3 is 6.03 Å². The van der Waals surface area contributed by atoms with Gasteiger partial charge in [-0.25, -0.2) is 4.79 Å². The van der Waals surface area contributed by atoms with E-state index in [0.717, 1.165) is 29.0 Å². The predicted molar refractivity (Wildman–Crippen MR) is 126 cm³/mol. The van der Waals surface area contributed by atoms with Crippen molar-refractivity contribution in [2.75, 3.05) is 24.5 Å². The molecule has 3 amide bonds. The number of benzene rings is 2. The van der Waals surface area contributed by atoms with Crippen LogP contribution >= 0.6 is 0 Å². The van der Waals surface area contributed by atoms with Crippen LogP contribution in [-0.2, 0) is 11.3 Å². The maximum atomic E-state index is 13.4. The number of urea groups is 1. The van der Waals surface area contributed by atoms with Gasteiger partial charge in [0, 0.05) is 25.6 Å². The molecule has 0 spiro atoms. The zero-order valence-electron chi connectivity index (χ0n) is 19.3. The standard InChI is InChI=1S/C26H33N3O3/c1-4-22-17-29(23-15-19(3)8-9-24(23)32-22)26(31)28-12-10-21(11-13-28)25(30)27-16-20-7-5-6-18(2)14-20/h5-9,14-15,21-22H,4,10-13,16-17H2,1-3H3,(H,27,30)/t22-/m1/s1. The number of aryl methyl sites for hydroxylation is 2. The highest BCUT2D eigenvalue weighted by Crippen LogP contribution is 2.36. The number of hydrogen-bond acceptors (Lipinski definition) is 3. The number of carbonyl (C=O) groups excluding carboxylic acids is 2. The van der Waals surface area contributed by atoms with Gasteiger partial charge in [-0.05, 0) is 56.4 Å². The molecule has 6 nitrogen and oxygen atoms in total. The van der Waals surface area contributed by atoms with Crippen molar-refractivity contribution >= 4 is 17.6 Å². The predicted octanol–water partition coefficient (Wildman–Crippen LogP) is 4.43. The van der Waals surface area contributed by atoms with E-state index in [-0.39, 0.29) is 24.0 Å². The third-order valence-corrected chi connectivity index (χ3v) is 6.46. The molecule has 0 aromatic heterocycles. The van der Waals surface area contributed by atoms with Gasteiger partial charge in [0.25, 0.3) is 0 Å². The number of ether oxygens (including phenoxy) is 1. The Morgan fingerprint density at radius 3 is 2.53 bits per heavy atom. The Kier molecular flexibility index (Phi) is 6.68. The van der Waals surface area contributed by atoms with E-state index in [0.29, 0.717) is 39.0 Å². The summed E-state index contributed by atoms with van der Waals surface area (Å²) in [5, 5.41) is 3.07. The van der Waals surface area contributed by atoms with Crippen molar-refractivity contribution < 1.29 is 14.3 Å². The van der Waals surface area contributed by atoms with E-state index < -0.39 is 0 Å². The van der Waals surface area contributed by atoms with E-state index >= 15 is 0 Å². The monoisotopic (exact) mass is 435 g/mol. The van der Waals surface area contributed by atoms with Gasteiger partial charge in [-0.15, -0.1) is 0 Å². The van der Waals surface area contributed by atoms with Gasteiger partial charge < -0.3 is 15.0 Å². The van der Waals surface area contributed by atoms with E-state index in [1.807, 2.05) is 47.1 Å². The van der Waals surface area contributed by atoms with Crippen molar-refractivity contribution in [3.63, 3.8) is 0 Å². The summed E-state index contributed by atoms with van der Waals surface area (Å²) in [5.41, 5.74) is 4.24. The highest BCUT2D eigenvalue weighted by molar-refractivity contribution is 5.94. The molecule has 170 valence electrons. The van der Waals surface area contributed by atoms with E-state index in [9.17, 15) is 9.59 Å². The second-order valence-corrected chi connectivity index (χ2v) is 8.98. The molecule has 0 aliphatic carbocycles. The minimum absolute atomic E-state index is 0.000837. The Hall–Kier alpha value is -3.02. The molecule has 1 N–H and O–H groups in total. The maximum Gasteiger partial charge on any atom is 0.324 e. The molecule has 2 heterocycles. The topological polar surface area (TPSA) is 61.9 Å². The molecular formula is C26H33N3O3. The first-order valence-electron chi connectivity index (χ1n) is 11.6. The van der Waals surface area contributed by atoms with Crippen LogP contribution in [0.15, 0.2) is 42.5 Å². The summed E-state index contributed by atoms with van der Waals surface area (Å²) >= 11 is 0. The average Bonchev–Trinajstić information content (AvgIpc) is 2.81. The van der Waals surface area contributed by atoms with Gasteiger partial charge in [0.1, 0.15) is 11.9 Å². The Morgan fingerprint density at radius 1 is 1.06 bits per heavy atom. The molecular weight excluding hydrogens is 402 g/mol. The Morgan fingerprint density at radius 2 is 1.81 bits per heavy atom. The third-order valence-electron chi connectivity index (χ3n) is 6.46. The fourth-order valence-corrected chi connectivity index (χ4v) is 4.51. The number of rotatable bonds is 4. The molecule has 1 saturated heterocycles. The molecule has 0 bridgehead atoms. The lowest BCUT2D eigenvalue weighted by Crippen LogP contribution is -2.52. The summed E-state index contributed by atoms with van der Waals surface area (Å²) < 4.78 is 6.06.